The molecule has 2 aromatic carbocycles. The number of fused-ring (bicyclic) bond motifs is 1. The summed E-state index contributed by atoms with van der Waals surface area (Å²) in [4.78, 5) is 26.1. The Balaban J connectivity index is 1.87. The summed E-state index contributed by atoms with van der Waals surface area (Å²) in [5.74, 6) is -0.0252. The van der Waals surface area contributed by atoms with Gasteiger partial charge in [-0.2, -0.15) is 0 Å². The maximum atomic E-state index is 12.4. The maximum absolute atomic E-state index is 12.4. The highest BCUT2D eigenvalue weighted by Crippen LogP contribution is 2.27. The van der Waals surface area contributed by atoms with Gasteiger partial charge in [-0.05, 0) is 28.7 Å². The number of carbonyl (C=O) groups excluding carboxylic acids is 2. The van der Waals surface area contributed by atoms with Crippen LogP contribution in [-0.2, 0) is 16.0 Å². The number of benzene rings is 2. The predicted octanol–water partition coefficient (Wildman–Crippen LogP) is 2.88. The van der Waals surface area contributed by atoms with Gasteiger partial charge in [0, 0.05) is 19.4 Å². The molecule has 2 atom stereocenters. The second-order valence-electron chi connectivity index (χ2n) is 6.67. The zero-order valence-corrected chi connectivity index (χ0v) is 14.1. The van der Waals surface area contributed by atoms with Gasteiger partial charge in [-0.1, -0.05) is 55.8 Å². The van der Waals surface area contributed by atoms with Crippen molar-refractivity contribution in [2.45, 2.75) is 38.6 Å². The van der Waals surface area contributed by atoms with E-state index in [1.54, 1.807) is 4.90 Å². The van der Waals surface area contributed by atoms with Crippen LogP contribution >= 0.6 is 0 Å². The molecular weight excluding hydrogens is 300 g/mol. The monoisotopic (exact) mass is 324 g/mol. The molecule has 1 aliphatic rings. The van der Waals surface area contributed by atoms with Crippen LogP contribution in [-0.4, -0.2) is 29.3 Å². The highest BCUT2D eigenvalue weighted by Gasteiger charge is 2.36. The third kappa shape index (κ3) is 3.28. The van der Waals surface area contributed by atoms with Crippen molar-refractivity contribution in [3.05, 3.63) is 48.0 Å². The fraction of sp³-hybridized carbons (Fsp3) is 0.400. The molecule has 0 aliphatic carbocycles. The Morgan fingerprint density at radius 2 is 2.00 bits per heavy atom. The third-order valence-electron chi connectivity index (χ3n) is 4.93. The Bertz CT molecular complexity index is 751. The van der Waals surface area contributed by atoms with Crippen LogP contribution in [0.15, 0.2) is 42.5 Å². The van der Waals surface area contributed by atoms with Gasteiger partial charge in [-0.15, -0.1) is 0 Å². The standard InChI is InChI=1S/C20H24N2O2/c1-2-6-14-11-19(23)22(13-14)18(20(21)24)12-16-9-5-8-15-7-3-4-10-17(15)16/h3-5,7-10,14,18H,2,6,11-13H2,1H3,(H2,21,24). The van der Waals surface area contributed by atoms with Gasteiger partial charge in [0.15, 0.2) is 0 Å². The lowest BCUT2D eigenvalue weighted by Gasteiger charge is -2.26. The molecule has 2 unspecified atom stereocenters. The Hall–Kier alpha value is -2.36. The van der Waals surface area contributed by atoms with E-state index in [0.717, 1.165) is 29.2 Å². The van der Waals surface area contributed by atoms with E-state index < -0.39 is 11.9 Å². The molecule has 4 nitrogen and oxygen atoms in total. The topological polar surface area (TPSA) is 63.4 Å². The first-order valence-electron chi connectivity index (χ1n) is 8.65. The van der Waals surface area contributed by atoms with Gasteiger partial charge in [-0.3, -0.25) is 9.59 Å². The number of rotatable bonds is 6. The van der Waals surface area contributed by atoms with Crippen LogP contribution in [0.1, 0.15) is 31.7 Å². The molecule has 126 valence electrons. The number of hydrogen-bond donors (Lipinski definition) is 1. The van der Waals surface area contributed by atoms with Gasteiger partial charge in [0.05, 0.1) is 0 Å². The van der Waals surface area contributed by atoms with E-state index in [0.29, 0.717) is 25.3 Å². The molecule has 0 bridgehead atoms. The number of carbonyl (C=O) groups is 2. The number of nitrogens with zero attached hydrogens (tertiary/aromatic N) is 1. The summed E-state index contributed by atoms with van der Waals surface area (Å²) in [6, 6.07) is 13.6. The van der Waals surface area contributed by atoms with Crippen molar-refractivity contribution < 1.29 is 9.59 Å². The first-order chi connectivity index (χ1) is 11.6. The summed E-state index contributed by atoms with van der Waals surface area (Å²) in [5.41, 5.74) is 6.72. The van der Waals surface area contributed by atoms with Gasteiger partial charge < -0.3 is 10.6 Å². The summed E-state index contributed by atoms with van der Waals surface area (Å²) in [6.07, 6.45) is 3.08. The average Bonchev–Trinajstić information content (AvgIpc) is 2.93. The third-order valence-corrected chi connectivity index (χ3v) is 4.93. The van der Waals surface area contributed by atoms with Crippen LogP contribution in [0.2, 0.25) is 0 Å². The minimum Gasteiger partial charge on any atom is -0.368 e. The number of likely N-dealkylation sites (tertiary alicyclic amines) is 1. The Labute approximate surface area is 142 Å². The van der Waals surface area contributed by atoms with Crippen LogP contribution in [0.3, 0.4) is 0 Å². The second-order valence-corrected chi connectivity index (χ2v) is 6.67. The van der Waals surface area contributed by atoms with Crippen LogP contribution < -0.4 is 5.73 Å². The van der Waals surface area contributed by atoms with Gasteiger partial charge in [-0.25, -0.2) is 0 Å². The molecule has 0 radical (unpaired) electrons. The molecule has 2 amide bonds. The molecule has 1 aliphatic heterocycles. The fourth-order valence-corrected chi connectivity index (χ4v) is 3.75. The molecule has 0 spiro atoms. The zero-order chi connectivity index (χ0) is 17.1. The average molecular weight is 324 g/mol. The van der Waals surface area contributed by atoms with Crippen LogP contribution in [0.5, 0.6) is 0 Å². The summed E-state index contributed by atoms with van der Waals surface area (Å²) in [5, 5.41) is 2.25. The molecule has 1 saturated heterocycles. The molecule has 24 heavy (non-hydrogen) atoms. The fourth-order valence-electron chi connectivity index (χ4n) is 3.75. The minimum absolute atomic E-state index is 0.0532. The number of primary amides is 1. The van der Waals surface area contributed by atoms with Crippen molar-refractivity contribution in [1.29, 1.82) is 0 Å². The molecule has 2 N–H and O–H groups in total. The van der Waals surface area contributed by atoms with E-state index in [1.807, 2.05) is 24.3 Å². The van der Waals surface area contributed by atoms with Crippen LogP contribution in [0, 0.1) is 5.92 Å². The summed E-state index contributed by atoms with van der Waals surface area (Å²) >= 11 is 0. The second kappa shape index (κ2) is 7.04. The molecule has 2 aromatic rings. The molecule has 3 rings (SSSR count). The summed E-state index contributed by atoms with van der Waals surface area (Å²) in [6.45, 7) is 2.76. The highest BCUT2D eigenvalue weighted by molar-refractivity contribution is 5.90. The predicted molar refractivity (Wildman–Crippen MR) is 95.4 cm³/mol. The Kier molecular flexibility index (Phi) is 4.84. The van der Waals surface area contributed by atoms with Crippen molar-refractivity contribution in [1.82, 2.24) is 4.90 Å². The smallest absolute Gasteiger partial charge is 0.240 e. The highest BCUT2D eigenvalue weighted by atomic mass is 16.2. The first-order valence-corrected chi connectivity index (χ1v) is 8.65. The van der Waals surface area contributed by atoms with E-state index in [1.165, 1.54) is 0 Å². The summed E-state index contributed by atoms with van der Waals surface area (Å²) in [7, 11) is 0. The largest absolute Gasteiger partial charge is 0.368 e. The van der Waals surface area contributed by atoms with Crippen molar-refractivity contribution >= 4 is 22.6 Å². The molecule has 0 aromatic heterocycles. The van der Waals surface area contributed by atoms with Crippen LogP contribution in [0.25, 0.3) is 10.8 Å². The van der Waals surface area contributed by atoms with Gasteiger partial charge in [0.25, 0.3) is 0 Å². The molecule has 0 saturated carbocycles. The quantitative estimate of drug-likeness (QED) is 0.888. The molecule has 1 heterocycles. The lowest BCUT2D eigenvalue weighted by molar-refractivity contribution is -0.136. The zero-order valence-electron chi connectivity index (χ0n) is 14.1. The van der Waals surface area contributed by atoms with Gasteiger partial charge in [0.2, 0.25) is 11.8 Å². The molecule has 1 fully saturated rings. The lowest BCUT2D eigenvalue weighted by atomic mass is 9.97. The Morgan fingerprint density at radius 3 is 2.75 bits per heavy atom. The van der Waals surface area contributed by atoms with Crippen molar-refractivity contribution in [3.8, 4) is 0 Å². The van der Waals surface area contributed by atoms with Crippen molar-refractivity contribution in [3.63, 3.8) is 0 Å². The van der Waals surface area contributed by atoms with Crippen molar-refractivity contribution in [2.75, 3.05) is 6.54 Å². The molecule has 4 heteroatoms. The maximum Gasteiger partial charge on any atom is 0.240 e. The van der Waals surface area contributed by atoms with Gasteiger partial charge >= 0.3 is 0 Å². The SMILES string of the molecule is CCCC1CC(=O)N(C(Cc2cccc3ccccc23)C(N)=O)C1. The van der Waals surface area contributed by atoms with E-state index in [9.17, 15) is 9.59 Å². The van der Waals surface area contributed by atoms with E-state index in [-0.39, 0.29) is 5.91 Å². The molecular formula is C20H24N2O2. The number of amides is 2. The van der Waals surface area contributed by atoms with E-state index >= 15 is 0 Å². The van der Waals surface area contributed by atoms with Crippen LogP contribution in [0.4, 0.5) is 0 Å². The lowest BCUT2D eigenvalue weighted by Crippen LogP contribution is -2.47. The number of nitrogens with two attached hydrogens (primary N) is 1. The first kappa shape index (κ1) is 16.5. The Morgan fingerprint density at radius 1 is 1.25 bits per heavy atom. The normalized spacial score (nSPS) is 19.0. The van der Waals surface area contributed by atoms with Gasteiger partial charge in [0.1, 0.15) is 6.04 Å². The van der Waals surface area contributed by atoms with Crippen molar-refractivity contribution in [2.24, 2.45) is 11.7 Å². The summed E-state index contributed by atoms with van der Waals surface area (Å²) < 4.78 is 0. The van der Waals surface area contributed by atoms with E-state index in [2.05, 4.69) is 25.1 Å². The van der Waals surface area contributed by atoms with E-state index in [4.69, 9.17) is 5.73 Å². The number of hydrogen-bond acceptors (Lipinski definition) is 2. The minimum atomic E-state index is -0.565.